The van der Waals surface area contributed by atoms with Crippen LogP contribution < -0.4 is 14.8 Å². The molecule has 0 saturated carbocycles. The second kappa shape index (κ2) is 7.64. The number of rotatable bonds is 6. The molecule has 1 aromatic rings. The van der Waals surface area contributed by atoms with Crippen molar-refractivity contribution in [3.05, 3.63) is 18.2 Å². The van der Waals surface area contributed by atoms with Crippen LogP contribution in [0.5, 0.6) is 11.5 Å². The molecule has 0 spiro atoms. The molecule has 1 saturated heterocycles. The molecule has 27 heavy (non-hydrogen) atoms. The Labute approximate surface area is 158 Å². The summed E-state index contributed by atoms with van der Waals surface area (Å²) in [5.74, 6) is 0.215. The minimum Gasteiger partial charge on any atom is -0.486 e. The van der Waals surface area contributed by atoms with Crippen LogP contribution in [0, 0.1) is 0 Å². The van der Waals surface area contributed by atoms with E-state index in [1.165, 1.54) is 18.2 Å². The van der Waals surface area contributed by atoms with E-state index in [0.717, 1.165) is 4.31 Å². The number of hydrogen-bond acceptors (Lipinski definition) is 7. The largest absolute Gasteiger partial charge is 0.486 e. The highest BCUT2D eigenvalue weighted by atomic mass is 32.2. The zero-order valence-corrected chi connectivity index (χ0v) is 16.5. The Morgan fingerprint density at radius 1 is 1.26 bits per heavy atom. The van der Waals surface area contributed by atoms with Gasteiger partial charge in [0.2, 0.25) is 15.9 Å². The Morgan fingerprint density at radius 2 is 1.96 bits per heavy atom. The van der Waals surface area contributed by atoms with Crippen molar-refractivity contribution in [1.29, 1.82) is 0 Å². The van der Waals surface area contributed by atoms with Crippen molar-refractivity contribution in [3.63, 3.8) is 0 Å². The number of sulfone groups is 1. The van der Waals surface area contributed by atoms with Gasteiger partial charge in [-0.05, 0) is 18.6 Å². The van der Waals surface area contributed by atoms with E-state index in [1.807, 2.05) is 0 Å². The van der Waals surface area contributed by atoms with E-state index >= 15 is 0 Å². The molecule has 11 heteroatoms. The molecule has 2 heterocycles. The highest BCUT2D eigenvalue weighted by Crippen LogP contribution is 2.33. The van der Waals surface area contributed by atoms with E-state index in [9.17, 15) is 21.6 Å². The van der Waals surface area contributed by atoms with Gasteiger partial charge in [-0.25, -0.2) is 16.8 Å². The summed E-state index contributed by atoms with van der Waals surface area (Å²) < 4.78 is 60.6. The fourth-order valence-electron chi connectivity index (χ4n) is 3.04. The Hall–Kier alpha value is -1.85. The normalized spacial score (nSPS) is 21.2. The summed E-state index contributed by atoms with van der Waals surface area (Å²) in [5.41, 5.74) is 0. The van der Waals surface area contributed by atoms with E-state index in [1.54, 1.807) is 6.92 Å². The van der Waals surface area contributed by atoms with Crippen molar-refractivity contribution in [3.8, 4) is 11.5 Å². The van der Waals surface area contributed by atoms with Crippen LogP contribution in [0.4, 0.5) is 0 Å². The zero-order chi connectivity index (χ0) is 19.7. The number of fused-ring (bicyclic) bond motifs is 1. The van der Waals surface area contributed by atoms with Gasteiger partial charge in [0.05, 0.1) is 22.9 Å². The molecule has 2 aliphatic rings. The first-order valence-corrected chi connectivity index (χ1v) is 11.9. The lowest BCUT2D eigenvalue weighted by Crippen LogP contribution is -2.44. The number of sulfonamides is 1. The monoisotopic (exact) mass is 418 g/mol. The summed E-state index contributed by atoms with van der Waals surface area (Å²) >= 11 is 0. The number of hydrogen-bond donors (Lipinski definition) is 1. The van der Waals surface area contributed by atoms with Crippen molar-refractivity contribution >= 4 is 25.8 Å². The number of nitrogens with zero attached hydrogens (tertiary/aromatic N) is 1. The van der Waals surface area contributed by atoms with Crippen molar-refractivity contribution in [2.45, 2.75) is 24.3 Å². The highest BCUT2D eigenvalue weighted by Gasteiger charge is 2.31. The highest BCUT2D eigenvalue weighted by molar-refractivity contribution is 7.91. The topological polar surface area (TPSA) is 119 Å². The number of amides is 1. The molecule has 3 rings (SSSR count). The van der Waals surface area contributed by atoms with Crippen molar-refractivity contribution in [2.75, 3.05) is 37.8 Å². The first-order chi connectivity index (χ1) is 12.7. The average molecular weight is 418 g/mol. The van der Waals surface area contributed by atoms with Crippen LogP contribution in [0.25, 0.3) is 0 Å². The number of benzene rings is 1. The van der Waals surface area contributed by atoms with Crippen molar-refractivity contribution < 1.29 is 31.1 Å². The lowest BCUT2D eigenvalue weighted by atomic mass is 10.2. The summed E-state index contributed by atoms with van der Waals surface area (Å²) in [7, 11) is -7.05. The Morgan fingerprint density at radius 3 is 2.59 bits per heavy atom. The second-order valence-corrected chi connectivity index (χ2v) is 10.6. The fourth-order valence-corrected chi connectivity index (χ4v) is 6.14. The third-order valence-corrected chi connectivity index (χ3v) is 8.11. The molecule has 2 aliphatic heterocycles. The molecular formula is C16H22N2O7S2. The molecule has 0 aliphatic carbocycles. The fraction of sp³-hybridized carbons (Fsp3) is 0.562. The molecule has 0 aromatic heterocycles. The maximum atomic E-state index is 12.9. The van der Waals surface area contributed by atoms with Crippen LogP contribution in [0.15, 0.2) is 23.1 Å². The lowest BCUT2D eigenvalue weighted by Gasteiger charge is -2.23. The number of carbonyl (C=O) groups is 1. The molecule has 1 amide bonds. The van der Waals surface area contributed by atoms with Crippen LogP contribution in [0.2, 0.25) is 0 Å². The van der Waals surface area contributed by atoms with Gasteiger partial charge < -0.3 is 14.8 Å². The van der Waals surface area contributed by atoms with Crippen LogP contribution >= 0.6 is 0 Å². The van der Waals surface area contributed by atoms with Crippen molar-refractivity contribution in [1.82, 2.24) is 9.62 Å². The van der Waals surface area contributed by atoms with Gasteiger partial charge in [0, 0.05) is 18.7 Å². The average Bonchev–Trinajstić information content (AvgIpc) is 2.97. The predicted octanol–water partition coefficient (Wildman–Crippen LogP) is -0.228. The Bertz CT molecular complexity index is 928. The minimum absolute atomic E-state index is 0.00449. The molecule has 9 nitrogen and oxygen atoms in total. The van der Waals surface area contributed by atoms with Gasteiger partial charge in [0.25, 0.3) is 0 Å². The maximum absolute atomic E-state index is 12.9. The van der Waals surface area contributed by atoms with Gasteiger partial charge >= 0.3 is 0 Å². The van der Waals surface area contributed by atoms with Crippen molar-refractivity contribution in [2.24, 2.45) is 0 Å². The molecule has 1 N–H and O–H groups in total. The van der Waals surface area contributed by atoms with Crippen LogP contribution in [-0.4, -0.2) is 70.9 Å². The van der Waals surface area contributed by atoms with Gasteiger partial charge in [-0.3, -0.25) is 4.79 Å². The summed E-state index contributed by atoms with van der Waals surface area (Å²) in [6.45, 7) is 2.07. The standard InChI is InChI=1S/C16H22N2O7S2/c1-2-18(10-16(19)17-12-5-8-26(20,21)11-12)27(22,23)13-3-4-14-15(9-13)25-7-6-24-14/h3-4,9,12H,2,5-8,10-11H2,1H3,(H,17,19). The van der Waals surface area contributed by atoms with Gasteiger partial charge in [-0.2, -0.15) is 4.31 Å². The van der Waals surface area contributed by atoms with Gasteiger partial charge in [0.15, 0.2) is 21.3 Å². The molecular weight excluding hydrogens is 396 g/mol. The lowest BCUT2D eigenvalue weighted by molar-refractivity contribution is -0.121. The number of likely N-dealkylation sites (N-methyl/N-ethyl adjacent to an activating group) is 1. The Kier molecular flexibility index (Phi) is 5.63. The summed E-state index contributed by atoms with van der Waals surface area (Å²) in [5, 5.41) is 2.60. The van der Waals surface area contributed by atoms with Crippen LogP contribution in [0.3, 0.4) is 0 Å². The number of nitrogens with one attached hydrogen (secondary N) is 1. The van der Waals surface area contributed by atoms with Gasteiger partial charge in [-0.15, -0.1) is 0 Å². The molecule has 1 fully saturated rings. The molecule has 0 bridgehead atoms. The molecule has 1 unspecified atom stereocenters. The number of ether oxygens (including phenoxy) is 2. The quantitative estimate of drug-likeness (QED) is 0.678. The van der Waals surface area contributed by atoms with Gasteiger partial charge in [-0.1, -0.05) is 6.92 Å². The summed E-state index contributed by atoms with van der Waals surface area (Å²) in [6, 6.07) is 3.85. The molecule has 150 valence electrons. The van der Waals surface area contributed by atoms with E-state index in [-0.39, 0.29) is 29.5 Å². The maximum Gasteiger partial charge on any atom is 0.243 e. The summed E-state index contributed by atoms with van der Waals surface area (Å²) in [6.07, 6.45) is 0.342. The third-order valence-electron chi connectivity index (χ3n) is 4.42. The van der Waals surface area contributed by atoms with E-state index in [0.29, 0.717) is 31.1 Å². The minimum atomic E-state index is -3.92. The first-order valence-electron chi connectivity index (χ1n) is 8.61. The summed E-state index contributed by atoms with van der Waals surface area (Å²) in [4.78, 5) is 12.2. The van der Waals surface area contributed by atoms with Crippen LogP contribution in [-0.2, 0) is 24.7 Å². The SMILES string of the molecule is CCN(CC(=O)NC1CCS(=O)(=O)C1)S(=O)(=O)c1ccc2c(c1)OCCO2. The second-order valence-electron chi connectivity index (χ2n) is 6.40. The molecule has 1 aromatic carbocycles. The van der Waals surface area contributed by atoms with E-state index < -0.39 is 31.8 Å². The number of carbonyl (C=O) groups excluding carboxylic acids is 1. The molecule has 0 radical (unpaired) electrons. The zero-order valence-electron chi connectivity index (χ0n) is 14.9. The predicted molar refractivity (Wildman–Crippen MR) is 97.1 cm³/mol. The van der Waals surface area contributed by atoms with E-state index in [2.05, 4.69) is 5.32 Å². The van der Waals surface area contributed by atoms with E-state index in [4.69, 9.17) is 9.47 Å². The van der Waals surface area contributed by atoms with Gasteiger partial charge in [0.1, 0.15) is 13.2 Å². The smallest absolute Gasteiger partial charge is 0.243 e. The third kappa shape index (κ3) is 4.53. The molecule has 1 atom stereocenters. The first kappa shape index (κ1) is 19.9. The van der Waals surface area contributed by atoms with Crippen LogP contribution in [0.1, 0.15) is 13.3 Å². The Balaban J connectivity index is 1.71.